The van der Waals surface area contributed by atoms with Crippen molar-refractivity contribution in [1.82, 2.24) is 0 Å². The van der Waals surface area contributed by atoms with Crippen LogP contribution in [0.4, 0.5) is 39.8 Å². The molecule has 0 aliphatic heterocycles. The lowest BCUT2D eigenvalue weighted by atomic mass is 10.2. The fourth-order valence-electron chi connectivity index (χ4n) is 3.40. The Morgan fingerprint density at radius 2 is 1.61 bits per heavy atom. The number of carbonyl (C=O) groups is 1. The third-order valence-electron chi connectivity index (χ3n) is 5.43. The summed E-state index contributed by atoms with van der Waals surface area (Å²) >= 11 is 0. The van der Waals surface area contributed by atoms with E-state index in [0.717, 1.165) is 6.07 Å². The first-order valence-corrected chi connectivity index (χ1v) is 15.0. The molecule has 0 saturated heterocycles. The topological polar surface area (TPSA) is 249 Å². The number of methoxy groups -OCH3 is 1. The van der Waals surface area contributed by atoms with E-state index in [2.05, 4.69) is 25.8 Å². The maximum Gasteiger partial charge on any atom is 0.340 e. The van der Waals surface area contributed by atoms with Crippen LogP contribution >= 0.6 is 0 Å². The second kappa shape index (κ2) is 13.3. The molecule has 0 aliphatic carbocycles. The van der Waals surface area contributed by atoms with Gasteiger partial charge in [-0.2, -0.15) is 13.5 Å². The van der Waals surface area contributed by atoms with Crippen LogP contribution in [0.5, 0.6) is 0 Å². The van der Waals surface area contributed by atoms with E-state index in [1.54, 1.807) is 30.3 Å². The van der Waals surface area contributed by atoms with Gasteiger partial charge in [0.05, 0.1) is 47.8 Å². The average molecular weight is 606 g/mol. The van der Waals surface area contributed by atoms with Gasteiger partial charge in [0.1, 0.15) is 22.0 Å². The molecule has 3 rings (SSSR count). The van der Waals surface area contributed by atoms with E-state index < -0.39 is 43.1 Å². The number of nitrogen functional groups attached to an aromatic ring is 2. The van der Waals surface area contributed by atoms with E-state index in [9.17, 15) is 26.2 Å². The first kappa shape index (κ1) is 31.1. The number of carbonyl (C=O) groups excluding carboxylic acids is 1. The summed E-state index contributed by atoms with van der Waals surface area (Å²) in [6.45, 7) is -0.389. The molecule has 0 heterocycles. The summed E-state index contributed by atoms with van der Waals surface area (Å²) in [5.74, 6) is -1.22. The zero-order chi connectivity index (χ0) is 30.2. The number of rotatable bonds is 12. The standard InChI is InChI=1S/C24H27N7O8S2/c1-39-24(33)17-7-2-3-8-18(17)29-30-19-14-20(41(36,37)38)22(26)23(21(19)25)31-28-16-6-4-5-15(13-16)27-9-11-40(34,35)12-10-32/h2-8,13-14,27,32H,9-12,25-26H2,1H3,(H,36,37,38). The van der Waals surface area contributed by atoms with Crippen molar-refractivity contribution < 1.29 is 36.0 Å². The Kier molecular flexibility index (Phi) is 10.1. The number of nitrogens with zero attached hydrogens (tertiary/aromatic N) is 4. The molecule has 0 saturated carbocycles. The molecule has 7 N–H and O–H groups in total. The van der Waals surface area contributed by atoms with Crippen molar-refractivity contribution in [2.45, 2.75) is 4.90 Å². The molecule has 0 amide bonds. The summed E-state index contributed by atoms with van der Waals surface area (Å²) in [6, 6.07) is 13.4. The summed E-state index contributed by atoms with van der Waals surface area (Å²) in [7, 11) is -7.07. The Balaban J connectivity index is 1.96. The Bertz CT molecular complexity index is 1710. The van der Waals surface area contributed by atoms with Gasteiger partial charge in [0, 0.05) is 12.2 Å². The van der Waals surface area contributed by atoms with Crippen molar-refractivity contribution in [1.29, 1.82) is 0 Å². The number of hydrogen-bond acceptors (Lipinski definition) is 14. The van der Waals surface area contributed by atoms with Gasteiger partial charge in [-0.25, -0.2) is 13.2 Å². The zero-order valence-electron chi connectivity index (χ0n) is 21.6. The van der Waals surface area contributed by atoms with E-state index >= 15 is 0 Å². The number of hydrogen-bond donors (Lipinski definition) is 5. The number of esters is 1. The normalized spacial score (nSPS) is 12.2. The van der Waals surface area contributed by atoms with Crippen LogP contribution < -0.4 is 16.8 Å². The molecule has 0 radical (unpaired) electrons. The first-order valence-electron chi connectivity index (χ1n) is 11.7. The van der Waals surface area contributed by atoms with Gasteiger partial charge in [-0.1, -0.05) is 18.2 Å². The summed E-state index contributed by atoms with van der Waals surface area (Å²) in [6.07, 6.45) is 0. The van der Waals surface area contributed by atoms with Crippen molar-refractivity contribution in [2.24, 2.45) is 20.5 Å². The van der Waals surface area contributed by atoms with E-state index in [-0.39, 0.29) is 52.1 Å². The molecule has 218 valence electrons. The van der Waals surface area contributed by atoms with Gasteiger partial charge >= 0.3 is 5.97 Å². The minimum Gasteiger partial charge on any atom is -0.465 e. The fraction of sp³-hybridized carbons (Fsp3) is 0.208. The number of nitrogens with one attached hydrogen (secondary N) is 1. The zero-order valence-corrected chi connectivity index (χ0v) is 23.3. The van der Waals surface area contributed by atoms with Crippen LogP contribution in [0.2, 0.25) is 0 Å². The second-order valence-corrected chi connectivity index (χ2v) is 12.0. The minimum absolute atomic E-state index is 0.0761. The number of ether oxygens (including phenoxy) is 1. The van der Waals surface area contributed by atoms with Crippen LogP contribution in [-0.2, 0) is 24.7 Å². The second-order valence-electron chi connectivity index (χ2n) is 8.31. The van der Waals surface area contributed by atoms with Crippen molar-refractivity contribution in [3.05, 3.63) is 60.2 Å². The molecule has 17 heteroatoms. The SMILES string of the molecule is COC(=O)c1ccccc1N=Nc1cc(S(=O)(=O)O)c(N)c(N=Nc2cccc(NCCS(=O)(=O)CCO)c2)c1N. The van der Waals surface area contributed by atoms with Crippen molar-refractivity contribution in [3.8, 4) is 0 Å². The Hall–Kier alpha value is -4.45. The molecule has 3 aromatic carbocycles. The lowest BCUT2D eigenvalue weighted by Crippen LogP contribution is -2.20. The monoisotopic (exact) mass is 605 g/mol. The van der Waals surface area contributed by atoms with Gasteiger partial charge in [-0.3, -0.25) is 4.55 Å². The number of aliphatic hydroxyl groups is 1. The molecule has 0 bridgehead atoms. The van der Waals surface area contributed by atoms with Gasteiger partial charge in [0.25, 0.3) is 10.1 Å². The summed E-state index contributed by atoms with van der Waals surface area (Å²) in [5, 5.41) is 27.7. The molecular weight excluding hydrogens is 578 g/mol. The number of azo groups is 2. The van der Waals surface area contributed by atoms with Crippen LogP contribution in [0, 0.1) is 0 Å². The highest BCUT2D eigenvalue weighted by Gasteiger charge is 2.22. The molecule has 0 unspecified atom stereocenters. The average Bonchev–Trinajstić information content (AvgIpc) is 2.91. The van der Waals surface area contributed by atoms with Crippen LogP contribution in [-0.4, -0.2) is 64.2 Å². The molecule has 3 aromatic rings. The van der Waals surface area contributed by atoms with Gasteiger partial charge < -0.3 is 26.6 Å². The Labute approximate surface area is 235 Å². The van der Waals surface area contributed by atoms with E-state index in [0.29, 0.717) is 5.69 Å². The van der Waals surface area contributed by atoms with Gasteiger partial charge in [0.2, 0.25) is 0 Å². The quantitative estimate of drug-likeness (QED) is 0.0864. The maximum atomic E-state index is 12.0. The van der Waals surface area contributed by atoms with Crippen molar-refractivity contribution in [2.75, 3.05) is 48.6 Å². The van der Waals surface area contributed by atoms with Crippen LogP contribution in [0.25, 0.3) is 0 Å². The molecule has 0 spiro atoms. The molecule has 15 nitrogen and oxygen atoms in total. The van der Waals surface area contributed by atoms with Crippen molar-refractivity contribution in [3.63, 3.8) is 0 Å². The molecule has 0 atom stereocenters. The number of benzene rings is 3. The third kappa shape index (κ3) is 8.27. The number of aliphatic hydroxyl groups excluding tert-OH is 1. The van der Waals surface area contributed by atoms with Gasteiger partial charge in [-0.15, -0.1) is 15.3 Å². The summed E-state index contributed by atoms with van der Waals surface area (Å²) < 4.78 is 62.0. The largest absolute Gasteiger partial charge is 0.465 e. The van der Waals surface area contributed by atoms with E-state index in [4.69, 9.17) is 21.3 Å². The van der Waals surface area contributed by atoms with Gasteiger partial charge in [0.15, 0.2) is 9.84 Å². The Morgan fingerprint density at radius 1 is 0.902 bits per heavy atom. The highest BCUT2D eigenvalue weighted by molar-refractivity contribution is 7.91. The number of anilines is 3. The lowest BCUT2D eigenvalue weighted by molar-refractivity contribution is 0.0601. The summed E-state index contributed by atoms with van der Waals surface area (Å²) in [5.41, 5.74) is 11.8. The predicted octanol–water partition coefficient (Wildman–Crippen LogP) is 3.53. The van der Waals surface area contributed by atoms with E-state index in [1.165, 1.54) is 25.3 Å². The number of sulfone groups is 1. The molecular formula is C24H27N7O8S2. The predicted molar refractivity (Wildman–Crippen MR) is 152 cm³/mol. The highest BCUT2D eigenvalue weighted by atomic mass is 32.2. The molecule has 0 aliphatic rings. The lowest BCUT2D eigenvalue weighted by Gasteiger charge is -2.11. The third-order valence-corrected chi connectivity index (χ3v) is 7.95. The maximum absolute atomic E-state index is 12.0. The van der Waals surface area contributed by atoms with Gasteiger partial charge in [-0.05, 0) is 36.4 Å². The fourth-order valence-corrected chi connectivity index (χ4v) is 4.93. The van der Waals surface area contributed by atoms with Crippen molar-refractivity contribution >= 4 is 65.7 Å². The molecule has 0 fully saturated rings. The molecule has 41 heavy (non-hydrogen) atoms. The van der Waals surface area contributed by atoms with E-state index in [1.807, 2.05) is 0 Å². The summed E-state index contributed by atoms with van der Waals surface area (Å²) in [4.78, 5) is 11.3. The highest BCUT2D eigenvalue weighted by Crippen LogP contribution is 2.43. The van der Waals surface area contributed by atoms with Crippen LogP contribution in [0.1, 0.15) is 10.4 Å². The first-order chi connectivity index (χ1) is 19.4. The Morgan fingerprint density at radius 3 is 2.29 bits per heavy atom. The van der Waals surface area contributed by atoms with Crippen LogP contribution in [0.15, 0.2) is 79.9 Å². The molecule has 0 aromatic heterocycles. The van der Waals surface area contributed by atoms with Crippen LogP contribution in [0.3, 0.4) is 0 Å². The number of nitrogens with two attached hydrogens (primary N) is 2. The minimum atomic E-state index is -4.85. The smallest absolute Gasteiger partial charge is 0.340 e.